The van der Waals surface area contributed by atoms with E-state index in [0.717, 1.165) is 41.5 Å². The van der Waals surface area contributed by atoms with E-state index in [1.807, 2.05) is 55.3 Å². The lowest BCUT2D eigenvalue weighted by Crippen LogP contribution is -2.42. The van der Waals surface area contributed by atoms with E-state index < -0.39 is 5.60 Å². The van der Waals surface area contributed by atoms with Gasteiger partial charge in [-0.3, -0.25) is 4.90 Å². The highest BCUT2D eigenvalue weighted by molar-refractivity contribution is 7.09. The lowest BCUT2D eigenvalue weighted by molar-refractivity contribution is 0.00899. The molecular formula is C21H26N2O4S. The van der Waals surface area contributed by atoms with Crippen molar-refractivity contribution in [2.24, 2.45) is 0 Å². The number of likely N-dealkylation sites (tertiary alicyclic amines) is 1. The third-order valence-electron chi connectivity index (χ3n) is 4.80. The molecule has 0 saturated carbocycles. The average molecular weight is 403 g/mol. The molecule has 2 aliphatic rings. The maximum absolute atomic E-state index is 12.7. The predicted octanol–water partition coefficient (Wildman–Crippen LogP) is 5.12. The molecule has 2 atom stereocenters. The van der Waals surface area contributed by atoms with Crippen molar-refractivity contribution < 1.29 is 19.0 Å². The van der Waals surface area contributed by atoms with Gasteiger partial charge in [0, 0.05) is 11.9 Å². The summed E-state index contributed by atoms with van der Waals surface area (Å²) in [6.45, 7) is 6.81. The second-order valence-electron chi connectivity index (χ2n) is 8.16. The molecule has 150 valence electrons. The highest BCUT2D eigenvalue weighted by atomic mass is 32.1. The van der Waals surface area contributed by atoms with Crippen LogP contribution in [0.3, 0.4) is 0 Å². The van der Waals surface area contributed by atoms with Crippen LogP contribution in [-0.2, 0) is 4.74 Å². The van der Waals surface area contributed by atoms with Crippen molar-refractivity contribution in [3.63, 3.8) is 0 Å². The summed E-state index contributed by atoms with van der Waals surface area (Å²) in [6, 6.07) is 7.61. The second-order valence-corrected chi connectivity index (χ2v) is 9.05. The first-order chi connectivity index (χ1) is 13.4. The number of amides is 1. The van der Waals surface area contributed by atoms with Crippen molar-refractivity contribution in [1.82, 2.24) is 9.88 Å². The molecule has 2 aromatic rings. The van der Waals surface area contributed by atoms with Gasteiger partial charge in [0.1, 0.15) is 17.2 Å². The smallest absolute Gasteiger partial charge is 0.410 e. The Morgan fingerprint density at radius 1 is 1.25 bits per heavy atom. The summed E-state index contributed by atoms with van der Waals surface area (Å²) in [4.78, 5) is 19.3. The van der Waals surface area contributed by atoms with Gasteiger partial charge in [-0.05, 0) is 52.2 Å². The number of thiazole rings is 1. The van der Waals surface area contributed by atoms with Crippen LogP contribution in [0.1, 0.15) is 62.9 Å². The number of benzene rings is 1. The summed E-state index contributed by atoms with van der Waals surface area (Å²) in [5.41, 5.74) is 0.403. The molecule has 2 aliphatic heterocycles. The minimum Gasteiger partial charge on any atom is -0.485 e. The van der Waals surface area contributed by atoms with Crippen LogP contribution in [0.2, 0.25) is 0 Å². The monoisotopic (exact) mass is 402 g/mol. The number of rotatable bonds is 2. The summed E-state index contributed by atoms with van der Waals surface area (Å²) >= 11 is 1.56. The van der Waals surface area contributed by atoms with Crippen molar-refractivity contribution in [3.05, 3.63) is 40.3 Å². The van der Waals surface area contributed by atoms with Crippen LogP contribution in [0.15, 0.2) is 29.6 Å². The number of fused-ring (bicyclic) bond motifs is 1. The molecule has 7 heteroatoms. The van der Waals surface area contributed by atoms with Crippen LogP contribution in [0.5, 0.6) is 11.5 Å². The molecule has 0 spiro atoms. The molecule has 0 N–H and O–H groups in total. The number of carbonyl (C=O) groups excluding carboxylic acids is 1. The number of carbonyl (C=O) groups is 1. The minimum atomic E-state index is -0.507. The summed E-state index contributed by atoms with van der Waals surface area (Å²) in [5.74, 6) is 1.50. The Morgan fingerprint density at radius 3 is 2.82 bits per heavy atom. The van der Waals surface area contributed by atoms with Gasteiger partial charge in [0.25, 0.3) is 0 Å². The Labute approximate surface area is 169 Å². The summed E-state index contributed by atoms with van der Waals surface area (Å²) < 4.78 is 17.5. The Morgan fingerprint density at radius 2 is 2.04 bits per heavy atom. The second kappa shape index (κ2) is 7.62. The Hall–Kier alpha value is -2.28. The van der Waals surface area contributed by atoms with Gasteiger partial charge in [0.15, 0.2) is 17.6 Å². The molecule has 1 unspecified atom stereocenters. The zero-order valence-corrected chi connectivity index (χ0v) is 17.3. The van der Waals surface area contributed by atoms with Gasteiger partial charge < -0.3 is 14.2 Å². The zero-order chi connectivity index (χ0) is 19.7. The van der Waals surface area contributed by atoms with E-state index in [9.17, 15) is 4.79 Å². The number of nitrogens with zero attached hydrogens (tertiary/aromatic N) is 2. The van der Waals surface area contributed by atoms with E-state index in [4.69, 9.17) is 19.2 Å². The number of ether oxygens (including phenoxy) is 3. The predicted molar refractivity (Wildman–Crippen MR) is 107 cm³/mol. The van der Waals surface area contributed by atoms with E-state index in [2.05, 4.69) is 0 Å². The number of hydrogen-bond acceptors (Lipinski definition) is 6. The molecule has 3 heterocycles. The fraction of sp³-hybridized carbons (Fsp3) is 0.524. The van der Waals surface area contributed by atoms with Gasteiger partial charge in [-0.2, -0.15) is 0 Å². The first-order valence-electron chi connectivity index (χ1n) is 9.74. The van der Waals surface area contributed by atoms with Gasteiger partial charge in [-0.1, -0.05) is 12.1 Å². The molecule has 0 bridgehead atoms. The first kappa shape index (κ1) is 19.1. The van der Waals surface area contributed by atoms with E-state index in [1.54, 1.807) is 11.3 Å². The fourth-order valence-corrected chi connectivity index (χ4v) is 4.40. The lowest BCUT2D eigenvalue weighted by Gasteiger charge is -2.36. The molecule has 1 aromatic carbocycles. The van der Waals surface area contributed by atoms with Gasteiger partial charge in [0.05, 0.1) is 11.7 Å². The van der Waals surface area contributed by atoms with E-state index in [1.165, 1.54) is 0 Å². The maximum Gasteiger partial charge on any atom is 0.410 e. The van der Waals surface area contributed by atoms with Crippen molar-refractivity contribution >= 4 is 17.4 Å². The molecule has 0 radical (unpaired) electrons. The highest BCUT2D eigenvalue weighted by Crippen LogP contribution is 2.38. The number of hydrogen-bond donors (Lipinski definition) is 0. The van der Waals surface area contributed by atoms with Gasteiger partial charge >= 0.3 is 6.09 Å². The molecule has 4 rings (SSSR count). The number of piperidine rings is 1. The SMILES string of the molecule is CC(C)(C)OC(=O)N1CCCC[C@@H]1c1csc(C2COc3ccccc3O2)n1. The molecule has 1 fully saturated rings. The van der Waals surface area contributed by atoms with E-state index in [0.29, 0.717) is 13.2 Å². The topological polar surface area (TPSA) is 60.9 Å². The van der Waals surface area contributed by atoms with Gasteiger partial charge in [-0.15, -0.1) is 11.3 Å². The minimum absolute atomic E-state index is 0.0506. The lowest BCUT2D eigenvalue weighted by atomic mass is 10.0. The Balaban J connectivity index is 1.50. The summed E-state index contributed by atoms with van der Waals surface area (Å²) in [6.07, 6.45) is 2.47. The summed E-state index contributed by atoms with van der Waals surface area (Å²) in [5, 5.41) is 2.91. The van der Waals surface area contributed by atoms with Crippen LogP contribution in [0.25, 0.3) is 0 Å². The van der Waals surface area contributed by atoms with Crippen LogP contribution in [0, 0.1) is 0 Å². The Bertz CT molecular complexity index is 845. The largest absolute Gasteiger partial charge is 0.485 e. The molecule has 0 aliphatic carbocycles. The number of aromatic nitrogens is 1. The standard InChI is InChI=1S/C21H26N2O4S/c1-21(2,3)27-20(24)23-11-7-6-8-15(23)14-13-28-19(22-14)18-12-25-16-9-4-5-10-17(16)26-18/h4-5,9-10,13,15,18H,6-8,11-12H2,1-3H3/t15-,18?/m1/s1. The third kappa shape index (κ3) is 4.09. The van der Waals surface area contributed by atoms with Gasteiger partial charge in [0.2, 0.25) is 0 Å². The third-order valence-corrected chi connectivity index (χ3v) is 5.75. The quantitative estimate of drug-likeness (QED) is 0.698. The normalized spacial score (nSPS) is 22.0. The molecule has 28 heavy (non-hydrogen) atoms. The van der Waals surface area contributed by atoms with Crippen LogP contribution >= 0.6 is 11.3 Å². The van der Waals surface area contributed by atoms with Crippen molar-refractivity contribution in [2.45, 2.75) is 57.8 Å². The molecular weight excluding hydrogens is 376 g/mol. The van der Waals surface area contributed by atoms with Crippen molar-refractivity contribution in [1.29, 1.82) is 0 Å². The Kier molecular flexibility index (Phi) is 5.19. The molecule has 6 nitrogen and oxygen atoms in total. The first-order valence-corrected chi connectivity index (χ1v) is 10.6. The van der Waals surface area contributed by atoms with Crippen LogP contribution < -0.4 is 9.47 Å². The van der Waals surface area contributed by atoms with E-state index in [-0.39, 0.29) is 18.2 Å². The fourth-order valence-electron chi connectivity index (χ4n) is 3.52. The average Bonchev–Trinajstić information content (AvgIpc) is 3.16. The molecule has 1 aromatic heterocycles. The zero-order valence-electron chi connectivity index (χ0n) is 16.5. The van der Waals surface area contributed by atoms with Crippen LogP contribution in [-0.4, -0.2) is 34.7 Å². The van der Waals surface area contributed by atoms with Crippen molar-refractivity contribution in [3.8, 4) is 11.5 Å². The number of para-hydroxylation sites is 2. The highest BCUT2D eigenvalue weighted by Gasteiger charge is 2.34. The molecule has 1 amide bonds. The summed E-state index contributed by atoms with van der Waals surface area (Å²) in [7, 11) is 0. The van der Waals surface area contributed by atoms with Gasteiger partial charge in [-0.25, -0.2) is 9.78 Å². The van der Waals surface area contributed by atoms with Crippen LogP contribution in [0.4, 0.5) is 4.79 Å². The van der Waals surface area contributed by atoms with E-state index >= 15 is 0 Å². The molecule has 1 saturated heterocycles. The van der Waals surface area contributed by atoms with Crippen molar-refractivity contribution in [2.75, 3.05) is 13.2 Å². The maximum atomic E-state index is 12.7.